The number of anilines is 1. The van der Waals surface area contributed by atoms with Crippen molar-refractivity contribution in [1.82, 2.24) is 14.8 Å². The van der Waals surface area contributed by atoms with Crippen LogP contribution in [-0.2, 0) is 11.8 Å². The fraction of sp³-hybridized carbons (Fsp3) is 0.167. The molecule has 0 spiro atoms. The Morgan fingerprint density at radius 3 is 2.77 bits per heavy atom. The van der Waals surface area contributed by atoms with Crippen LogP contribution >= 0.6 is 23.4 Å². The minimum atomic E-state index is -0.456. The highest BCUT2D eigenvalue weighted by Crippen LogP contribution is 2.28. The van der Waals surface area contributed by atoms with E-state index in [4.69, 9.17) is 11.6 Å². The number of thioether (sulfide) groups is 1. The van der Waals surface area contributed by atoms with Gasteiger partial charge in [-0.25, -0.2) is 4.39 Å². The van der Waals surface area contributed by atoms with Crippen molar-refractivity contribution in [2.45, 2.75) is 12.1 Å². The van der Waals surface area contributed by atoms with Gasteiger partial charge in [-0.05, 0) is 36.8 Å². The number of halogens is 2. The molecule has 1 heterocycles. The van der Waals surface area contributed by atoms with Gasteiger partial charge < -0.3 is 9.88 Å². The van der Waals surface area contributed by atoms with Crippen LogP contribution in [0.25, 0.3) is 11.4 Å². The first-order chi connectivity index (χ1) is 12.5. The fourth-order valence-electron chi connectivity index (χ4n) is 2.36. The molecule has 0 saturated carbocycles. The molecule has 1 N–H and O–H groups in total. The summed E-state index contributed by atoms with van der Waals surface area (Å²) in [6.07, 6.45) is 0. The number of carbonyl (C=O) groups is 1. The van der Waals surface area contributed by atoms with Crippen LogP contribution in [0.2, 0.25) is 5.02 Å². The Bertz CT molecular complexity index is 960. The van der Waals surface area contributed by atoms with E-state index >= 15 is 0 Å². The van der Waals surface area contributed by atoms with Crippen LogP contribution in [0.4, 0.5) is 10.1 Å². The second kappa shape index (κ2) is 7.88. The average molecular weight is 391 g/mol. The molecule has 3 aromatic rings. The summed E-state index contributed by atoms with van der Waals surface area (Å²) in [5, 5.41) is 12.0. The number of nitrogens with zero attached hydrogens (tertiary/aromatic N) is 3. The summed E-state index contributed by atoms with van der Waals surface area (Å²) in [5.41, 5.74) is 1.72. The van der Waals surface area contributed by atoms with Gasteiger partial charge in [0.15, 0.2) is 11.0 Å². The third-order valence-corrected chi connectivity index (χ3v) is 5.03. The Labute approximate surface area is 159 Å². The Morgan fingerprint density at radius 1 is 1.27 bits per heavy atom. The van der Waals surface area contributed by atoms with Crippen LogP contribution < -0.4 is 5.32 Å². The highest BCUT2D eigenvalue weighted by atomic mass is 35.5. The summed E-state index contributed by atoms with van der Waals surface area (Å²) >= 11 is 7.41. The molecule has 2 aromatic carbocycles. The quantitative estimate of drug-likeness (QED) is 0.659. The number of amides is 1. The lowest BCUT2D eigenvalue weighted by molar-refractivity contribution is -0.113. The van der Waals surface area contributed by atoms with Crippen LogP contribution in [0.15, 0.2) is 47.6 Å². The number of carbonyl (C=O) groups excluding carboxylic acids is 1. The minimum Gasteiger partial charge on any atom is -0.323 e. The topological polar surface area (TPSA) is 59.8 Å². The molecular formula is C18H16ClFN4OS. The molecule has 1 amide bonds. The first kappa shape index (κ1) is 18.4. The first-order valence-corrected chi connectivity index (χ1v) is 9.15. The maximum absolute atomic E-state index is 13.8. The summed E-state index contributed by atoms with van der Waals surface area (Å²) in [6, 6.07) is 12.0. The molecule has 0 saturated heterocycles. The van der Waals surface area contributed by atoms with Crippen molar-refractivity contribution in [2.24, 2.45) is 7.05 Å². The van der Waals surface area contributed by atoms with Crippen LogP contribution in [0.3, 0.4) is 0 Å². The maximum Gasteiger partial charge on any atom is 0.234 e. The second-order valence-corrected chi connectivity index (χ2v) is 7.01. The number of nitrogens with one attached hydrogen (secondary N) is 1. The number of hydrogen-bond acceptors (Lipinski definition) is 4. The highest BCUT2D eigenvalue weighted by Gasteiger charge is 2.15. The molecule has 5 nitrogen and oxygen atoms in total. The van der Waals surface area contributed by atoms with Gasteiger partial charge in [0.2, 0.25) is 5.91 Å². The SMILES string of the molecule is Cc1ccc(NC(=O)CSc2nnc(-c3ccccc3Cl)n2C)c(F)c1. The van der Waals surface area contributed by atoms with E-state index < -0.39 is 5.82 Å². The van der Waals surface area contributed by atoms with Crippen molar-refractivity contribution in [3.05, 3.63) is 58.9 Å². The molecule has 0 aliphatic heterocycles. The summed E-state index contributed by atoms with van der Waals surface area (Å²) in [4.78, 5) is 12.1. The molecular weight excluding hydrogens is 375 g/mol. The zero-order valence-corrected chi connectivity index (χ0v) is 15.7. The lowest BCUT2D eigenvalue weighted by Gasteiger charge is -2.07. The summed E-state index contributed by atoms with van der Waals surface area (Å²) in [7, 11) is 1.80. The molecule has 0 aliphatic rings. The van der Waals surface area contributed by atoms with Crippen molar-refractivity contribution >= 4 is 35.0 Å². The molecule has 1 aromatic heterocycles. The molecule has 0 fully saturated rings. The minimum absolute atomic E-state index is 0.0851. The highest BCUT2D eigenvalue weighted by molar-refractivity contribution is 7.99. The number of hydrogen-bond donors (Lipinski definition) is 1. The van der Waals surface area contributed by atoms with Gasteiger partial charge in [0.25, 0.3) is 0 Å². The van der Waals surface area contributed by atoms with E-state index in [0.717, 1.165) is 11.1 Å². The van der Waals surface area contributed by atoms with Gasteiger partial charge in [-0.3, -0.25) is 4.79 Å². The summed E-state index contributed by atoms with van der Waals surface area (Å²) in [5.74, 6) is -0.0758. The van der Waals surface area contributed by atoms with Crippen molar-refractivity contribution in [3.8, 4) is 11.4 Å². The second-order valence-electron chi connectivity index (χ2n) is 5.67. The molecule has 26 heavy (non-hydrogen) atoms. The van der Waals surface area contributed by atoms with Crippen LogP contribution in [0.1, 0.15) is 5.56 Å². The van der Waals surface area contributed by atoms with Gasteiger partial charge in [-0.15, -0.1) is 10.2 Å². The number of rotatable bonds is 5. The van der Waals surface area contributed by atoms with E-state index in [2.05, 4.69) is 15.5 Å². The summed E-state index contributed by atoms with van der Waals surface area (Å²) in [6.45, 7) is 1.79. The molecule has 8 heteroatoms. The zero-order valence-electron chi connectivity index (χ0n) is 14.2. The molecule has 0 aliphatic carbocycles. The number of benzene rings is 2. The van der Waals surface area contributed by atoms with E-state index in [-0.39, 0.29) is 17.3 Å². The van der Waals surface area contributed by atoms with Gasteiger partial charge in [-0.2, -0.15) is 0 Å². The molecule has 0 bridgehead atoms. The summed E-state index contributed by atoms with van der Waals surface area (Å²) < 4.78 is 15.6. The normalized spacial score (nSPS) is 10.8. The Kier molecular flexibility index (Phi) is 5.58. The average Bonchev–Trinajstić information content (AvgIpc) is 2.97. The molecule has 0 unspecified atom stereocenters. The van der Waals surface area contributed by atoms with Gasteiger partial charge in [-0.1, -0.05) is 41.6 Å². The zero-order chi connectivity index (χ0) is 18.7. The van der Waals surface area contributed by atoms with E-state index in [1.807, 2.05) is 18.2 Å². The van der Waals surface area contributed by atoms with E-state index in [9.17, 15) is 9.18 Å². The Morgan fingerprint density at radius 2 is 2.04 bits per heavy atom. The number of aromatic nitrogens is 3. The predicted octanol–water partition coefficient (Wildman–Crippen LogP) is 4.31. The molecule has 0 atom stereocenters. The van der Waals surface area contributed by atoms with Gasteiger partial charge >= 0.3 is 0 Å². The van der Waals surface area contributed by atoms with Gasteiger partial charge in [0.05, 0.1) is 16.5 Å². The molecule has 3 rings (SSSR count). The lowest BCUT2D eigenvalue weighted by atomic mass is 10.2. The van der Waals surface area contributed by atoms with E-state index in [1.165, 1.54) is 17.8 Å². The lowest BCUT2D eigenvalue weighted by Crippen LogP contribution is -2.15. The Balaban J connectivity index is 1.67. The monoisotopic (exact) mass is 390 g/mol. The molecule has 0 radical (unpaired) electrons. The van der Waals surface area contributed by atoms with Crippen molar-refractivity contribution < 1.29 is 9.18 Å². The van der Waals surface area contributed by atoms with Crippen molar-refractivity contribution in [3.63, 3.8) is 0 Å². The van der Waals surface area contributed by atoms with Crippen molar-refractivity contribution in [2.75, 3.05) is 11.1 Å². The van der Waals surface area contributed by atoms with Crippen molar-refractivity contribution in [1.29, 1.82) is 0 Å². The predicted molar refractivity (Wildman–Crippen MR) is 102 cm³/mol. The third kappa shape index (κ3) is 4.05. The first-order valence-electron chi connectivity index (χ1n) is 7.79. The molecule has 134 valence electrons. The third-order valence-electron chi connectivity index (χ3n) is 3.68. The number of aryl methyl sites for hydroxylation is 1. The fourth-order valence-corrected chi connectivity index (χ4v) is 3.29. The van der Waals surface area contributed by atoms with Crippen LogP contribution in [0, 0.1) is 12.7 Å². The van der Waals surface area contributed by atoms with E-state index in [1.54, 1.807) is 36.7 Å². The van der Waals surface area contributed by atoms with Crippen LogP contribution in [-0.4, -0.2) is 26.4 Å². The largest absolute Gasteiger partial charge is 0.323 e. The maximum atomic E-state index is 13.8. The standard InChI is InChI=1S/C18H16ClFN4OS/c1-11-7-8-15(14(20)9-11)21-16(25)10-26-18-23-22-17(24(18)2)12-5-3-4-6-13(12)19/h3-9H,10H2,1-2H3,(H,21,25). The van der Waals surface area contributed by atoms with Gasteiger partial charge in [0.1, 0.15) is 5.82 Å². The smallest absolute Gasteiger partial charge is 0.234 e. The Hall–Kier alpha value is -2.38. The van der Waals surface area contributed by atoms with E-state index in [0.29, 0.717) is 16.0 Å². The van der Waals surface area contributed by atoms with Gasteiger partial charge in [0, 0.05) is 12.6 Å². The van der Waals surface area contributed by atoms with Crippen LogP contribution in [0.5, 0.6) is 0 Å².